The van der Waals surface area contributed by atoms with Gasteiger partial charge in [-0.15, -0.1) is 0 Å². The molecule has 27 heavy (non-hydrogen) atoms. The highest BCUT2D eigenvalue weighted by Gasteiger charge is 2.20. The molecule has 6 nitrogen and oxygen atoms in total. The predicted molar refractivity (Wildman–Crippen MR) is 106 cm³/mol. The minimum absolute atomic E-state index is 0.125. The molecular formula is C21H31N3O3. The number of rotatable bonds is 5. The number of carbonyl (C=O) groups excluding carboxylic acids is 2. The van der Waals surface area contributed by atoms with E-state index in [-0.39, 0.29) is 11.8 Å². The van der Waals surface area contributed by atoms with Crippen molar-refractivity contribution in [2.45, 2.75) is 51.0 Å². The van der Waals surface area contributed by atoms with Gasteiger partial charge in [0.15, 0.2) is 0 Å². The van der Waals surface area contributed by atoms with Crippen LogP contribution >= 0.6 is 0 Å². The van der Waals surface area contributed by atoms with Crippen molar-refractivity contribution in [3.63, 3.8) is 0 Å². The number of hydrogen-bond donors (Lipinski definition) is 2. The highest BCUT2D eigenvalue weighted by Crippen LogP contribution is 2.32. The van der Waals surface area contributed by atoms with Crippen LogP contribution in [0.4, 0.5) is 5.69 Å². The molecule has 2 amide bonds. The molecule has 2 aliphatic rings. The molecule has 2 heterocycles. The second-order valence-corrected chi connectivity index (χ2v) is 7.65. The molecule has 1 aromatic carbocycles. The highest BCUT2D eigenvalue weighted by atomic mass is 16.3. The third-order valence-electron chi connectivity index (χ3n) is 5.59. The minimum atomic E-state index is -0.533. The van der Waals surface area contributed by atoms with Crippen molar-refractivity contribution < 1.29 is 14.7 Å². The van der Waals surface area contributed by atoms with Crippen LogP contribution in [0.3, 0.4) is 0 Å². The number of nitrogens with zero attached hydrogens (tertiary/aromatic N) is 2. The van der Waals surface area contributed by atoms with Gasteiger partial charge in [0.2, 0.25) is 5.91 Å². The summed E-state index contributed by atoms with van der Waals surface area (Å²) < 4.78 is 0. The summed E-state index contributed by atoms with van der Waals surface area (Å²) in [6, 6.07) is 5.61. The fraction of sp³-hybridized carbons (Fsp3) is 0.619. The fourth-order valence-electron chi connectivity index (χ4n) is 3.96. The summed E-state index contributed by atoms with van der Waals surface area (Å²) in [6.45, 7) is 3.04. The van der Waals surface area contributed by atoms with Gasteiger partial charge >= 0.3 is 0 Å². The molecule has 0 radical (unpaired) electrons. The van der Waals surface area contributed by atoms with Crippen molar-refractivity contribution >= 4 is 17.5 Å². The lowest BCUT2D eigenvalue weighted by molar-refractivity contribution is -0.127. The van der Waals surface area contributed by atoms with Gasteiger partial charge in [-0.1, -0.05) is 12.8 Å². The molecule has 1 unspecified atom stereocenters. The molecule has 148 valence electrons. The smallest absolute Gasteiger partial charge is 0.251 e. The largest absolute Gasteiger partial charge is 0.388 e. The van der Waals surface area contributed by atoms with Crippen LogP contribution in [0.1, 0.15) is 67.0 Å². The van der Waals surface area contributed by atoms with Crippen LogP contribution in [0.5, 0.6) is 0 Å². The molecular weight excluding hydrogens is 342 g/mol. The van der Waals surface area contributed by atoms with E-state index in [0.717, 1.165) is 62.9 Å². The molecule has 6 heteroatoms. The SMILES string of the molecule is CN1CCCCCC(O)c2cc(C(=O)NCCCN3CCCC3=O)ccc21. The van der Waals surface area contributed by atoms with Crippen LogP contribution < -0.4 is 10.2 Å². The van der Waals surface area contributed by atoms with E-state index < -0.39 is 6.10 Å². The van der Waals surface area contributed by atoms with Crippen molar-refractivity contribution in [3.8, 4) is 0 Å². The lowest BCUT2D eigenvalue weighted by atomic mass is 9.99. The Kier molecular flexibility index (Phi) is 6.72. The summed E-state index contributed by atoms with van der Waals surface area (Å²) in [5.41, 5.74) is 2.43. The Balaban J connectivity index is 1.59. The Morgan fingerprint density at radius 1 is 1.22 bits per heavy atom. The van der Waals surface area contributed by atoms with Crippen LogP contribution in [0.25, 0.3) is 0 Å². The Morgan fingerprint density at radius 3 is 2.85 bits per heavy atom. The van der Waals surface area contributed by atoms with Gasteiger partial charge < -0.3 is 20.2 Å². The summed E-state index contributed by atoms with van der Waals surface area (Å²) in [7, 11) is 2.04. The van der Waals surface area contributed by atoms with E-state index >= 15 is 0 Å². The second-order valence-electron chi connectivity index (χ2n) is 7.65. The Hall–Kier alpha value is -2.08. The Labute approximate surface area is 161 Å². The van der Waals surface area contributed by atoms with Crippen LogP contribution in [0.15, 0.2) is 18.2 Å². The predicted octanol–water partition coefficient (Wildman–Crippen LogP) is 2.47. The van der Waals surface area contributed by atoms with Crippen molar-refractivity contribution in [1.29, 1.82) is 0 Å². The first-order chi connectivity index (χ1) is 13.1. The number of nitrogens with one attached hydrogen (secondary N) is 1. The number of amides is 2. The van der Waals surface area contributed by atoms with Crippen molar-refractivity contribution in [3.05, 3.63) is 29.3 Å². The molecule has 1 fully saturated rings. The second kappa shape index (κ2) is 9.22. The van der Waals surface area contributed by atoms with Gasteiger partial charge in [0.1, 0.15) is 0 Å². The molecule has 1 atom stereocenters. The van der Waals surface area contributed by atoms with Crippen molar-refractivity contribution in [2.24, 2.45) is 0 Å². The topological polar surface area (TPSA) is 72.9 Å². The summed E-state index contributed by atoms with van der Waals surface area (Å²) in [6.07, 6.45) is 5.78. The van der Waals surface area contributed by atoms with E-state index in [1.165, 1.54) is 0 Å². The molecule has 0 saturated carbocycles. The van der Waals surface area contributed by atoms with Gasteiger partial charge in [0, 0.05) is 56.5 Å². The van der Waals surface area contributed by atoms with Gasteiger partial charge in [-0.3, -0.25) is 9.59 Å². The maximum atomic E-state index is 12.5. The summed E-state index contributed by atoms with van der Waals surface area (Å²) >= 11 is 0. The van der Waals surface area contributed by atoms with Gasteiger partial charge in [0.25, 0.3) is 5.91 Å². The zero-order valence-corrected chi connectivity index (χ0v) is 16.2. The van der Waals surface area contributed by atoms with E-state index in [1.807, 2.05) is 30.1 Å². The molecule has 1 saturated heterocycles. The van der Waals surface area contributed by atoms with Gasteiger partial charge in [-0.05, 0) is 43.9 Å². The van der Waals surface area contributed by atoms with Crippen molar-refractivity contribution in [2.75, 3.05) is 38.1 Å². The van der Waals surface area contributed by atoms with E-state index in [2.05, 4.69) is 10.2 Å². The normalized spacial score (nSPS) is 20.7. The van der Waals surface area contributed by atoms with E-state index in [4.69, 9.17) is 0 Å². The number of anilines is 1. The number of aliphatic hydroxyl groups is 1. The number of carbonyl (C=O) groups is 2. The first-order valence-corrected chi connectivity index (χ1v) is 10.2. The van der Waals surface area contributed by atoms with E-state index in [9.17, 15) is 14.7 Å². The zero-order valence-electron chi connectivity index (χ0n) is 16.2. The van der Waals surface area contributed by atoms with Crippen LogP contribution in [0.2, 0.25) is 0 Å². The van der Waals surface area contributed by atoms with Crippen molar-refractivity contribution in [1.82, 2.24) is 10.2 Å². The summed E-state index contributed by atoms with van der Waals surface area (Å²) in [5.74, 6) is 0.0947. The minimum Gasteiger partial charge on any atom is -0.388 e. The van der Waals surface area contributed by atoms with Crippen LogP contribution in [0, 0.1) is 0 Å². The molecule has 2 aliphatic heterocycles. The maximum absolute atomic E-state index is 12.5. The third-order valence-corrected chi connectivity index (χ3v) is 5.59. The molecule has 2 N–H and O–H groups in total. The molecule has 1 aromatic rings. The molecule has 3 rings (SSSR count). The average molecular weight is 373 g/mol. The molecule has 0 aliphatic carbocycles. The Bertz CT molecular complexity index is 677. The molecule has 0 spiro atoms. The summed E-state index contributed by atoms with van der Waals surface area (Å²) in [4.78, 5) is 28.2. The molecule has 0 bridgehead atoms. The number of benzene rings is 1. The quantitative estimate of drug-likeness (QED) is 0.778. The summed E-state index contributed by atoms with van der Waals surface area (Å²) in [5, 5.41) is 13.5. The van der Waals surface area contributed by atoms with Crippen LogP contribution in [-0.2, 0) is 4.79 Å². The van der Waals surface area contributed by atoms with E-state index in [1.54, 1.807) is 0 Å². The average Bonchev–Trinajstić information content (AvgIpc) is 3.10. The number of fused-ring (bicyclic) bond motifs is 1. The zero-order chi connectivity index (χ0) is 19.2. The Morgan fingerprint density at radius 2 is 2.07 bits per heavy atom. The fourth-order valence-corrected chi connectivity index (χ4v) is 3.96. The molecule has 0 aromatic heterocycles. The number of hydrogen-bond acceptors (Lipinski definition) is 4. The monoisotopic (exact) mass is 373 g/mol. The van der Waals surface area contributed by atoms with Gasteiger partial charge in [-0.25, -0.2) is 0 Å². The third kappa shape index (κ3) is 5.01. The first kappa shape index (κ1) is 19.7. The number of aliphatic hydroxyl groups excluding tert-OH is 1. The van der Waals surface area contributed by atoms with E-state index in [0.29, 0.717) is 25.1 Å². The van der Waals surface area contributed by atoms with Gasteiger partial charge in [0.05, 0.1) is 6.10 Å². The van der Waals surface area contributed by atoms with Gasteiger partial charge in [-0.2, -0.15) is 0 Å². The highest BCUT2D eigenvalue weighted by molar-refractivity contribution is 5.95. The standard InChI is InChI=1S/C21H31N3O3/c1-23-12-4-2-3-7-19(25)17-15-16(9-10-18(17)23)21(27)22-11-6-14-24-13-5-8-20(24)26/h9-10,15,19,25H,2-8,11-14H2,1H3,(H,22,27). The maximum Gasteiger partial charge on any atom is 0.251 e. The van der Waals surface area contributed by atoms with Crippen LogP contribution in [-0.4, -0.2) is 55.0 Å². The number of likely N-dealkylation sites (tertiary alicyclic amines) is 1. The lowest BCUT2D eigenvalue weighted by Crippen LogP contribution is -2.30. The first-order valence-electron chi connectivity index (χ1n) is 10.2. The lowest BCUT2D eigenvalue weighted by Gasteiger charge is -2.24.